The Morgan fingerprint density at radius 1 is 1.30 bits per heavy atom. The van der Waals surface area contributed by atoms with Gasteiger partial charge in [0.1, 0.15) is 25.1 Å². The molecule has 27 heavy (non-hydrogen) atoms. The Morgan fingerprint density at radius 3 is 2.89 bits per heavy atom. The summed E-state index contributed by atoms with van der Waals surface area (Å²) >= 11 is 0. The van der Waals surface area contributed by atoms with Gasteiger partial charge in [-0.15, -0.1) is 12.4 Å². The molecule has 8 heteroatoms. The van der Waals surface area contributed by atoms with E-state index in [1.54, 1.807) is 6.20 Å². The highest BCUT2D eigenvalue weighted by atomic mass is 35.5. The van der Waals surface area contributed by atoms with Crippen LogP contribution in [0.2, 0.25) is 0 Å². The van der Waals surface area contributed by atoms with Gasteiger partial charge >= 0.3 is 0 Å². The average Bonchev–Trinajstić information content (AvgIpc) is 3.11. The average molecular weight is 393 g/mol. The molecule has 1 aromatic heterocycles. The third kappa shape index (κ3) is 4.20. The second kappa shape index (κ2) is 8.63. The second-order valence-corrected chi connectivity index (χ2v) is 6.68. The lowest BCUT2D eigenvalue weighted by molar-refractivity contribution is -0.134. The molecule has 0 aliphatic carbocycles. The van der Waals surface area contributed by atoms with Crippen molar-refractivity contribution in [2.45, 2.75) is 18.9 Å². The number of carbonyl (C=O) groups is 1. The van der Waals surface area contributed by atoms with Crippen LogP contribution in [0.1, 0.15) is 23.9 Å². The molecule has 0 spiro atoms. The summed E-state index contributed by atoms with van der Waals surface area (Å²) in [5.41, 5.74) is 1.09. The first kappa shape index (κ1) is 19.5. The number of imidazole rings is 1. The van der Waals surface area contributed by atoms with Gasteiger partial charge < -0.3 is 24.3 Å². The minimum Gasteiger partial charge on any atom is -0.486 e. The summed E-state index contributed by atoms with van der Waals surface area (Å²) < 4.78 is 13.2. The number of fused-ring (bicyclic) bond motifs is 1. The number of piperazine rings is 1. The Labute approximate surface area is 165 Å². The van der Waals surface area contributed by atoms with Crippen molar-refractivity contribution in [2.75, 3.05) is 32.8 Å². The molecule has 0 radical (unpaired) electrons. The molecule has 1 atom stereocenters. The molecule has 4 rings (SSSR count). The number of hydrogen-bond donors (Lipinski definition) is 1. The van der Waals surface area contributed by atoms with Gasteiger partial charge in [-0.05, 0) is 24.1 Å². The number of ether oxygens (including phenoxy) is 2. The number of carbonyl (C=O) groups excluding carboxylic acids is 1. The number of rotatable bonds is 4. The third-order valence-corrected chi connectivity index (χ3v) is 4.95. The van der Waals surface area contributed by atoms with Gasteiger partial charge in [0, 0.05) is 45.5 Å². The van der Waals surface area contributed by atoms with E-state index in [0.29, 0.717) is 32.6 Å². The van der Waals surface area contributed by atoms with Crippen LogP contribution < -0.4 is 14.8 Å². The maximum atomic E-state index is 12.9. The summed E-state index contributed by atoms with van der Waals surface area (Å²) in [6.07, 6.45) is 4.86. The number of aromatic nitrogens is 2. The van der Waals surface area contributed by atoms with Crippen LogP contribution in [0.15, 0.2) is 30.6 Å². The molecule has 7 nitrogen and oxygen atoms in total. The summed E-state index contributed by atoms with van der Waals surface area (Å²) in [6.45, 7) is 3.42. The van der Waals surface area contributed by atoms with E-state index < -0.39 is 0 Å². The van der Waals surface area contributed by atoms with Crippen LogP contribution in [0.3, 0.4) is 0 Å². The summed E-state index contributed by atoms with van der Waals surface area (Å²) in [4.78, 5) is 19.3. The van der Waals surface area contributed by atoms with Crippen LogP contribution in [0.4, 0.5) is 0 Å². The number of nitrogens with one attached hydrogen (secondary N) is 1. The zero-order valence-electron chi connectivity index (χ0n) is 15.4. The van der Waals surface area contributed by atoms with Crippen LogP contribution in [0.5, 0.6) is 11.5 Å². The zero-order valence-corrected chi connectivity index (χ0v) is 16.2. The maximum absolute atomic E-state index is 12.9. The van der Waals surface area contributed by atoms with Gasteiger partial charge in [-0.1, -0.05) is 6.07 Å². The van der Waals surface area contributed by atoms with Crippen LogP contribution in [0.25, 0.3) is 0 Å². The van der Waals surface area contributed by atoms with Crippen molar-refractivity contribution in [3.63, 3.8) is 0 Å². The molecule has 3 heterocycles. The Kier molecular flexibility index (Phi) is 6.23. The van der Waals surface area contributed by atoms with Gasteiger partial charge in [-0.25, -0.2) is 4.98 Å². The van der Waals surface area contributed by atoms with Crippen molar-refractivity contribution in [3.05, 3.63) is 42.0 Å². The van der Waals surface area contributed by atoms with E-state index in [2.05, 4.69) is 10.3 Å². The van der Waals surface area contributed by atoms with Gasteiger partial charge in [-0.2, -0.15) is 0 Å². The maximum Gasteiger partial charge on any atom is 0.223 e. The normalized spacial score (nSPS) is 18.7. The van der Waals surface area contributed by atoms with E-state index in [4.69, 9.17) is 9.47 Å². The largest absolute Gasteiger partial charge is 0.486 e. The molecule has 2 aromatic rings. The molecule has 146 valence electrons. The molecule has 1 N–H and O–H groups in total. The molecule has 0 saturated carbocycles. The van der Waals surface area contributed by atoms with Crippen LogP contribution >= 0.6 is 12.4 Å². The lowest BCUT2D eigenvalue weighted by Crippen LogP contribution is -2.49. The number of hydrogen-bond acceptors (Lipinski definition) is 5. The van der Waals surface area contributed by atoms with Gasteiger partial charge in [0.2, 0.25) is 5.91 Å². The van der Waals surface area contributed by atoms with E-state index in [-0.39, 0.29) is 24.4 Å². The quantitative estimate of drug-likeness (QED) is 0.858. The van der Waals surface area contributed by atoms with Crippen LogP contribution in [-0.4, -0.2) is 53.2 Å². The van der Waals surface area contributed by atoms with Crippen molar-refractivity contribution >= 4 is 18.3 Å². The summed E-state index contributed by atoms with van der Waals surface area (Å²) in [5.74, 6) is 2.64. The smallest absolute Gasteiger partial charge is 0.223 e. The number of aryl methyl sites for hydroxylation is 2. The van der Waals surface area contributed by atoms with E-state index in [9.17, 15) is 4.79 Å². The van der Waals surface area contributed by atoms with Gasteiger partial charge in [-0.3, -0.25) is 4.79 Å². The second-order valence-electron chi connectivity index (χ2n) is 6.68. The molecule has 2 aliphatic rings. The third-order valence-electron chi connectivity index (χ3n) is 4.95. The molecule has 1 amide bonds. The van der Waals surface area contributed by atoms with Crippen molar-refractivity contribution in [2.24, 2.45) is 7.05 Å². The van der Waals surface area contributed by atoms with E-state index >= 15 is 0 Å². The summed E-state index contributed by atoms with van der Waals surface area (Å²) in [7, 11) is 1.97. The Hall–Kier alpha value is -2.25. The standard InChI is InChI=1S/C19H24N4O3.ClH/c1-22-8-7-21-19(22)15-13-20-6-9-23(15)18(24)5-3-14-2-4-16-17(12-14)26-11-10-25-16;/h2,4,7-8,12,15,20H,3,5-6,9-11,13H2,1H3;1H. The molecule has 1 unspecified atom stereocenters. The van der Waals surface area contributed by atoms with Crippen molar-refractivity contribution < 1.29 is 14.3 Å². The lowest BCUT2D eigenvalue weighted by Gasteiger charge is -2.36. The van der Waals surface area contributed by atoms with Crippen LogP contribution in [0, 0.1) is 0 Å². The number of benzene rings is 1. The minimum absolute atomic E-state index is 0. The highest BCUT2D eigenvalue weighted by molar-refractivity contribution is 5.85. The molecule has 1 saturated heterocycles. The minimum atomic E-state index is -0.0171. The summed E-state index contributed by atoms with van der Waals surface area (Å²) in [6, 6.07) is 5.90. The van der Waals surface area contributed by atoms with Crippen molar-refractivity contribution in [1.82, 2.24) is 19.8 Å². The first-order valence-corrected chi connectivity index (χ1v) is 9.08. The Morgan fingerprint density at radius 2 is 2.11 bits per heavy atom. The van der Waals surface area contributed by atoms with E-state index in [0.717, 1.165) is 36.0 Å². The van der Waals surface area contributed by atoms with Crippen LogP contribution in [-0.2, 0) is 18.3 Å². The predicted molar refractivity (Wildman–Crippen MR) is 104 cm³/mol. The van der Waals surface area contributed by atoms with Crippen molar-refractivity contribution in [1.29, 1.82) is 0 Å². The number of halogens is 1. The zero-order chi connectivity index (χ0) is 17.9. The van der Waals surface area contributed by atoms with Gasteiger partial charge in [0.25, 0.3) is 0 Å². The predicted octanol–water partition coefficient (Wildman–Crippen LogP) is 1.72. The van der Waals surface area contributed by atoms with E-state index in [1.165, 1.54) is 0 Å². The molecular weight excluding hydrogens is 368 g/mol. The van der Waals surface area contributed by atoms with Crippen molar-refractivity contribution in [3.8, 4) is 11.5 Å². The molecule has 1 aromatic carbocycles. The fourth-order valence-electron chi connectivity index (χ4n) is 3.57. The molecule has 1 fully saturated rings. The first-order valence-electron chi connectivity index (χ1n) is 9.08. The lowest BCUT2D eigenvalue weighted by atomic mass is 10.1. The van der Waals surface area contributed by atoms with E-state index in [1.807, 2.05) is 40.9 Å². The highest BCUT2D eigenvalue weighted by Gasteiger charge is 2.30. The number of nitrogens with zero attached hydrogens (tertiary/aromatic N) is 3. The topological polar surface area (TPSA) is 68.6 Å². The number of amides is 1. The molecule has 0 bridgehead atoms. The monoisotopic (exact) mass is 392 g/mol. The molecular formula is C19H25ClN4O3. The van der Waals surface area contributed by atoms with Gasteiger partial charge in [0.15, 0.2) is 11.5 Å². The first-order chi connectivity index (χ1) is 12.7. The fraction of sp³-hybridized carbons (Fsp3) is 0.474. The summed E-state index contributed by atoms with van der Waals surface area (Å²) in [5, 5.41) is 3.37. The van der Waals surface area contributed by atoms with Gasteiger partial charge in [0.05, 0.1) is 0 Å². The highest BCUT2D eigenvalue weighted by Crippen LogP contribution is 2.31. The Balaban J connectivity index is 0.00000210. The Bertz CT molecular complexity index is 795. The SMILES string of the molecule is Cl.Cn1ccnc1C1CNCCN1C(=O)CCc1ccc2c(c1)OCCO2. The molecule has 2 aliphatic heterocycles. The fourth-order valence-corrected chi connectivity index (χ4v) is 3.57.